The first-order valence-corrected chi connectivity index (χ1v) is 18.2. The van der Waals surface area contributed by atoms with Gasteiger partial charge in [-0.2, -0.15) is 0 Å². The molecular weight excluding hydrogens is 645 g/mol. The van der Waals surface area contributed by atoms with Crippen LogP contribution in [0.5, 0.6) is 0 Å². The number of alkyl halides is 1. The standard InChI is InChI=1S/C33H50Cl2N4O2.C3H8.CH5N.H4N2/c1-8-25-12-17-33(18-13-25)38-29(24(4)22-27(35)15-19-34)31(41)39(33)28(14-16-32(5,6)7)26(9-2)11-10-23(3)30(40)37-21-20-36;1-3-2;2*1-2/h10-11,15,20,22,25,28,36H,8-9,12-14,16-19,21H2,1-7H3,(H,37,40);3H2,1-2H3;2H2,1H3;1-2H2/b23-10+,24-22+,26-11+,27-15+,36-20?;;;. The summed E-state index contributed by atoms with van der Waals surface area (Å²) in [5.74, 6) is 8.69. The Bertz CT molecular complexity index is 1130. The highest BCUT2D eigenvalue weighted by Crippen LogP contribution is 2.46. The van der Waals surface area contributed by atoms with Gasteiger partial charge in [-0.15, -0.1) is 11.6 Å². The van der Waals surface area contributed by atoms with Crippen molar-refractivity contribution in [2.45, 2.75) is 132 Å². The van der Waals surface area contributed by atoms with Crippen molar-refractivity contribution in [2.75, 3.05) is 19.5 Å². The number of allylic oxidation sites excluding steroid dienone is 5. The number of rotatable bonds is 13. The summed E-state index contributed by atoms with van der Waals surface area (Å²) < 4.78 is 0. The number of nitrogens with zero attached hydrogens (tertiary/aromatic N) is 2. The zero-order valence-electron chi connectivity index (χ0n) is 31.5. The zero-order valence-corrected chi connectivity index (χ0v) is 33.0. The molecule has 9 nitrogen and oxygen atoms in total. The summed E-state index contributed by atoms with van der Waals surface area (Å²) in [6.45, 7) is 19.2. The van der Waals surface area contributed by atoms with Gasteiger partial charge in [0.2, 0.25) is 5.91 Å². The summed E-state index contributed by atoms with van der Waals surface area (Å²) in [6.07, 6.45) is 17.1. The molecule has 0 bridgehead atoms. The zero-order chi connectivity index (χ0) is 37.5. The molecular formula is C37H67Cl2N7O2. The molecule has 2 aliphatic rings. The highest BCUT2D eigenvalue weighted by molar-refractivity contribution is 6.47. The van der Waals surface area contributed by atoms with Crippen molar-refractivity contribution in [3.05, 3.63) is 46.1 Å². The molecule has 0 aromatic carbocycles. The van der Waals surface area contributed by atoms with E-state index in [2.05, 4.69) is 76.1 Å². The Balaban J connectivity index is 0. The molecule has 48 heavy (non-hydrogen) atoms. The lowest BCUT2D eigenvalue weighted by molar-refractivity contribution is -0.132. The molecule has 1 aliphatic heterocycles. The molecule has 2 rings (SSSR count). The van der Waals surface area contributed by atoms with Gasteiger partial charge in [0.15, 0.2) is 0 Å². The Morgan fingerprint density at radius 2 is 1.69 bits per heavy atom. The molecule has 1 atom stereocenters. The van der Waals surface area contributed by atoms with Crippen LogP contribution in [-0.2, 0) is 9.59 Å². The van der Waals surface area contributed by atoms with Gasteiger partial charge < -0.3 is 21.4 Å². The topological polar surface area (TPSA) is 164 Å². The third-order valence-electron chi connectivity index (χ3n) is 8.26. The minimum Gasteiger partial charge on any atom is -0.347 e. The second-order valence-electron chi connectivity index (χ2n) is 13.2. The summed E-state index contributed by atoms with van der Waals surface area (Å²) in [5, 5.41) is 10.4. The summed E-state index contributed by atoms with van der Waals surface area (Å²) in [6, 6.07) is -0.151. The predicted molar refractivity (Wildman–Crippen MR) is 209 cm³/mol. The number of halogens is 2. The van der Waals surface area contributed by atoms with Gasteiger partial charge in [-0.3, -0.25) is 26.3 Å². The molecule has 8 N–H and O–H groups in total. The van der Waals surface area contributed by atoms with E-state index in [1.165, 1.54) is 19.7 Å². The van der Waals surface area contributed by atoms with E-state index in [1.807, 2.05) is 19.1 Å². The number of aliphatic imine (C=N–C) groups is 1. The van der Waals surface area contributed by atoms with Crippen molar-refractivity contribution in [1.82, 2.24) is 10.2 Å². The predicted octanol–water partition coefficient (Wildman–Crippen LogP) is 7.93. The molecule has 1 unspecified atom stereocenters. The molecule has 1 spiro atoms. The van der Waals surface area contributed by atoms with Crippen LogP contribution in [0, 0.1) is 16.7 Å². The van der Waals surface area contributed by atoms with Gasteiger partial charge in [0.25, 0.3) is 5.91 Å². The monoisotopic (exact) mass is 711 g/mol. The van der Waals surface area contributed by atoms with Crippen molar-refractivity contribution < 1.29 is 9.59 Å². The summed E-state index contributed by atoms with van der Waals surface area (Å²) in [7, 11) is 1.50. The Hall–Kier alpha value is -2.30. The Morgan fingerprint density at radius 1 is 1.12 bits per heavy atom. The summed E-state index contributed by atoms with van der Waals surface area (Å²) in [4.78, 5) is 34.2. The first-order valence-electron chi connectivity index (χ1n) is 17.3. The van der Waals surface area contributed by atoms with Crippen molar-refractivity contribution >= 4 is 46.9 Å². The number of amides is 2. The smallest absolute Gasteiger partial charge is 0.274 e. The van der Waals surface area contributed by atoms with Gasteiger partial charge in [-0.1, -0.05) is 91.1 Å². The average Bonchev–Trinajstić information content (AvgIpc) is 3.34. The van der Waals surface area contributed by atoms with Gasteiger partial charge in [0, 0.05) is 22.7 Å². The number of hydrazine groups is 1. The second kappa shape index (κ2) is 25.6. The molecule has 1 heterocycles. The third-order valence-corrected chi connectivity index (χ3v) is 8.68. The molecule has 1 saturated carbocycles. The quantitative estimate of drug-likeness (QED) is 0.0327. The van der Waals surface area contributed by atoms with E-state index in [-0.39, 0.29) is 29.8 Å². The van der Waals surface area contributed by atoms with Crippen LogP contribution in [0.15, 0.2) is 51.0 Å². The number of hydrogen-bond donors (Lipinski definition) is 5. The van der Waals surface area contributed by atoms with Crippen molar-refractivity contribution in [1.29, 1.82) is 5.41 Å². The average molecular weight is 713 g/mol. The molecule has 0 radical (unpaired) electrons. The second-order valence-corrected chi connectivity index (χ2v) is 14.0. The maximum absolute atomic E-state index is 14.4. The fourth-order valence-electron chi connectivity index (χ4n) is 5.72. The molecule has 0 saturated heterocycles. The van der Waals surface area contributed by atoms with Crippen molar-refractivity contribution in [3.8, 4) is 0 Å². The Kier molecular flexibility index (Phi) is 25.5. The maximum atomic E-state index is 14.4. The fourth-order valence-corrected chi connectivity index (χ4v) is 6.20. The van der Waals surface area contributed by atoms with E-state index in [9.17, 15) is 9.59 Å². The van der Waals surface area contributed by atoms with Crippen LogP contribution in [0.1, 0.15) is 120 Å². The fraction of sp³-hybridized carbons (Fsp3) is 0.676. The third kappa shape index (κ3) is 15.9. The van der Waals surface area contributed by atoms with E-state index in [0.717, 1.165) is 62.5 Å². The van der Waals surface area contributed by atoms with Gasteiger partial charge in [0.05, 0.1) is 12.6 Å². The summed E-state index contributed by atoms with van der Waals surface area (Å²) >= 11 is 12.2. The lowest BCUT2D eigenvalue weighted by Gasteiger charge is -2.46. The highest BCUT2D eigenvalue weighted by Gasteiger charge is 2.51. The lowest BCUT2D eigenvalue weighted by atomic mass is 9.78. The van der Waals surface area contributed by atoms with Crippen molar-refractivity contribution in [2.24, 2.45) is 33.7 Å². The summed E-state index contributed by atoms with van der Waals surface area (Å²) in [5.41, 5.74) is 6.90. The van der Waals surface area contributed by atoms with Gasteiger partial charge in [0.1, 0.15) is 11.4 Å². The van der Waals surface area contributed by atoms with Crippen LogP contribution < -0.4 is 22.7 Å². The minimum atomic E-state index is -0.591. The number of hydrogen-bond acceptors (Lipinski definition) is 7. The lowest BCUT2D eigenvalue weighted by Crippen LogP contribution is -2.54. The van der Waals surface area contributed by atoms with Gasteiger partial charge in [-0.05, 0) is 94.4 Å². The van der Waals surface area contributed by atoms with E-state index in [1.54, 1.807) is 19.1 Å². The SMILES string of the molecule is CC/C(=C\C=C(/C)C(=O)NCC=N)C(CCC(C)(C)C)N1C(=O)C(/C(C)=C/C(Cl)=C\CCl)=NC12CCC(CC)CC2.CCC.CN.NN. The molecule has 11 heteroatoms. The first kappa shape index (κ1) is 47.8. The van der Waals surface area contributed by atoms with Crippen LogP contribution in [0.2, 0.25) is 0 Å². The number of nitrogens with two attached hydrogens (primary N) is 3. The minimum absolute atomic E-state index is 0.0493. The van der Waals surface area contributed by atoms with Crippen LogP contribution in [0.25, 0.3) is 0 Å². The normalized spacial score (nSPS) is 20.8. The van der Waals surface area contributed by atoms with Crippen LogP contribution >= 0.6 is 23.2 Å². The van der Waals surface area contributed by atoms with E-state index < -0.39 is 5.66 Å². The van der Waals surface area contributed by atoms with Crippen LogP contribution in [0.3, 0.4) is 0 Å². The molecule has 2 amide bonds. The van der Waals surface area contributed by atoms with Gasteiger partial charge >= 0.3 is 0 Å². The largest absolute Gasteiger partial charge is 0.347 e. The van der Waals surface area contributed by atoms with E-state index >= 15 is 0 Å². The number of carbonyl (C=O) groups excluding carboxylic acids is 2. The number of nitrogens with one attached hydrogen (secondary N) is 2. The highest BCUT2D eigenvalue weighted by atomic mass is 35.5. The Labute approximate surface area is 302 Å². The maximum Gasteiger partial charge on any atom is 0.274 e. The van der Waals surface area contributed by atoms with Crippen LogP contribution in [-0.4, -0.2) is 59.8 Å². The van der Waals surface area contributed by atoms with Crippen molar-refractivity contribution in [3.63, 3.8) is 0 Å². The first-order chi connectivity index (χ1) is 22.7. The van der Waals surface area contributed by atoms with E-state index in [4.69, 9.17) is 33.6 Å². The number of carbonyl (C=O) groups is 2. The molecule has 1 fully saturated rings. The Morgan fingerprint density at radius 3 is 2.15 bits per heavy atom. The van der Waals surface area contributed by atoms with E-state index in [0.29, 0.717) is 28.1 Å². The van der Waals surface area contributed by atoms with Crippen LogP contribution in [0.4, 0.5) is 0 Å². The molecule has 276 valence electrons. The molecule has 0 aromatic rings. The van der Waals surface area contributed by atoms with Gasteiger partial charge in [-0.25, -0.2) is 0 Å². The molecule has 1 aliphatic carbocycles. The molecule has 0 aromatic heterocycles.